The molecule has 1 N–H and O–H groups in total. The molecule has 1 aliphatic rings. The summed E-state index contributed by atoms with van der Waals surface area (Å²) in [6.07, 6.45) is 2.83. The number of rotatable bonds is 3. The summed E-state index contributed by atoms with van der Waals surface area (Å²) in [5.74, 6) is 1.38. The Kier molecular flexibility index (Phi) is 4.24. The van der Waals surface area contributed by atoms with Crippen molar-refractivity contribution in [1.29, 1.82) is 0 Å². The molecule has 6 heteroatoms. The highest BCUT2D eigenvalue weighted by molar-refractivity contribution is 6.32. The van der Waals surface area contributed by atoms with Gasteiger partial charge in [0.15, 0.2) is 5.82 Å². The van der Waals surface area contributed by atoms with Gasteiger partial charge in [-0.15, -0.1) is 0 Å². The molecule has 1 aromatic rings. The van der Waals surface area contributed by atoms with Gasteiger partial charge < -0.3 is 15.0 Å². The summed E-state index contributed by atoms with van der Waals surface area (Å²) >= 11 is 6.22. The Morgan fingerprint density at radius 3 is 3.06 bits per heavy atom. The van der Waals surface area contributed by atoms with E-state index in [1.54, 1.807) is 13.2 Å². The largest absolute Gasteiger partial charge is 0.375 e. The van der Waals surface area contributed by atoms with Gasteiger partial charge in [0, 0.05) is 13.6 Å². The van der Waals surface area contributed by atoms with E-state index in [1.165, 1.54) is 0 Å². The number of ether oxygens (including phenoxy) is 1. The number of nitrogens with one attached hydrogen (secondary N) is 1. The second-order valence-corrected chi connectivity index (χ2v) is 4.88. The molecular weight excluding hydrogens is 252 g/mol. The van der Waals surface area contributed by atoms with E-state index in [1.807, 2.05) is 0 Å². The number of aromatic nitrogens is 2. The lowest BCUT2D eigenvalue weighted by molar-refractivity contribution is 0.0296. The van der Waals surface area contributed by atoms with Crippen molar-refractivity contribution < 1.29 is 4.74 Å². The van der Waals surface area contributed by atoms with E-state index in [0.717, 1.165) is 18.8 Å². The van der Waals surface area contributed by atoms with Gasteiger partial charge in [0.05, 0.1) is 24.9 Å². The molecule has 2 rings (SSSR count). The Labute approximate surface area is 113 Å². The second kappa shape index (κ2) is 5.71. The molecule has 0 aliphatic carbocycles. The van der Waals surface area contributed by atoms with Crippen LogP contribution in [0.2, 0.25) is 5.02 Å². The maximum atomic E-state index is 6.22. The number of hydrogen-bond donors (Lipinski definition) is 1. The maximum absolute atomic E-state index is 6.22. The van der Waals surface area contributed by atoms with Crippen LogP contribution in [0.5, 0.6) is 0 Å². The first kappa shape index (κ1) is 13.4. The smallest absolute Gasteiger partial charge is 0.224 e. The van der Waals surface area contributed by atoms with Gasteiger partial charge in [-0.1, -0.05) is 18.5 Å². The zero-order valence-corrected chi connectivity index (χ0v) is 11.7. The van der Waals surface area contributed by atoms with Gasteiger partial charge in [-0.25, -0.2) is 4.98 Å². The van der Waals surface area contributed by atoms with Gasteiger partial charge in [0.1, 0.15) is 5.02 Å². The van der Waals surface area contributed by atoms with Crippen molar-refractivity contribution >= 4 is 23.4 Å². The second-order valence-electron chi connectivity index (χ2n) is 4.47. The van der Waals surface area contributed by atoms with Crippen LogP contribution in [0.3, 0.4) is 0 Å². The van der Waals surface area contributed by atoms with Crippen LogP contribution in [0.25, 0.3) is 0 Å². The molecule has 0 bridgehead atoms. The fourth-order valence-corrected chi connectivity index (χ4v) is 2.32. The summed E-state index contributed by atoms with van der Waals surface area (Å²) in [7, 11) is 1.80. The van der Waals surface area contributed by atoms with Crippen LogP contribution >= 0.6 is 11.6 Å². The molecule has 1 fully saturated rings. The van der Waals surface area contributed by atoms with E-state index in [2.05, 4.69) is 34.0 Å². The van der Waals surface area contributed by atoms with Crippen molar-refractivity contribution in [1.82, 2.24) is 9.97 Å². The summed E-state index contributed by atoms with van der Waals surface area (Å²) in [6.45, 7) is 5.73. The van der Waals surface area contributed by atoms with Gasteiger partial charge in [0.25, 0.3) is 0 Å². The van der Waals surface area contributed by atoms with Gasteiger partial charge in [-0.3, -0.25) is 0 Å². The third-order valence-corrected chi connectivity index (χ3v) is 3.43. The van der Waals surface area contributed by atoms with Gasteiger partial charge in [0.2, 0.25) is 5.95 Å². The molecule has 5 nitrogen and oxygen atoms in total. The molecule has 2 unspecified atom stereocenters. The lowest BCUT2D eigenvalue weighted by atomic mass is 10.1. The molecule has 1 saturated heterocycles. The average molecular weight is 271 g/mol. The summed E-state index contributed by atoms with van der Waals surface area (Å²) < 4.78 is 5.69. The fourth-order valence-electron chi connectivity index (χ4n) is 2.12. The zero-order valence-electron chi connectivity index (χ0n) is 11.0. The van der Waals surface area contributed by atoms with Crippen molar-refractivity contribution in [2.24, 2.45) is 0 Å². The molecule has 1 aromatic heterocycles. The van der Waals surface area contributed by atoms with Crippen LogP contribution in [0, 0.1) is 0 Å². The first-order valence-corrected chi connectivity index (χ1v) is 6.62. The van der Waals surface area contributed by atoms with Crippen molar-refractivity contribution in [2.75, 3.05) is 30.4 Å². The predicted octanol–water partition coefficient (Wildman–Crippen LogP) is 2.18. The topological polar surface area (TPSA) is 50.3 Å². The molecule has 0 amide bonds. The maximum Gasteiger partial charge on any atom is 0.224 e. The minimum Gasteiger partial charge on any atom is -0.375 e. The van der Waals surface area contributed by atoms with Crippen molar-refractivity contribution in [3.8, 4) is 0 Å². The van der Waals surface area contributed by atoms with Crippen LogP contribution in [-0.2, 0) is 4.74 Å². The number of halogens is 1. The third-order valence-electron chi connectivity index (χ3n) is 3.16. The number of anilines is 2. The predicted molar refractivity (Wildman–Crippen MR) is 73.4 cm³/mol. The Bertz CT molecular complexity index is 415. The number of morpholine rings is 1. The molecule has 18 heavy (non-hydrogen) atoms. The highest BCUT2D eigenvalue weighted by Crippen LogP contribution is 2.28. The summed E-state index contributed by atoms with van der Waals surface area (Å²) in [5.41, 5.74) is 0. The van der Waals surface area contributed by atoms with E-state index >= 15 is 0 Å². The molecule has 2 heterocycles. The van der Waals surface area contributed by atoms with Crippen molar-refractivity contribution in [3.05, 3.63) is 11.2 Å². The normalized spacial score (nSPS) is 24.1. The molecule has 0 spiro atoms. The highest BCUT2D eigenvalue weighted by Gasteiger charge is 2.28. The first-order chi connectivity index (χ1) is 8.65. The van der Waals surface area contributed by atoms with Crippen LogP contribution in [0.15, 0.2) is 6.20 Å². The summed E-state index contributed by atoms with van der Waals surface area (Å²) in [5, 5.41) is 3.52. The lowest BCUT2D eigenvalue weighted by Crippen LogP contribution is -2.49. The summed E-state index contributed by atoms with van der Waals surface area (Å²) in [4.78, 5) is 10.8. The van der Waals surface area contributed by atoms with Crippen LogP contribution in [-0.4, -0.2) is 42.3 Å². The fraction of sp³-hybridized carbons (Fsp3) is 0.667. The number of hydrogen-bond acceptors (Lipinski definition) is 5. The molecule has 100 valence electrons. The Balaban J connectivity index is 2.32. The third kappa shape index (κ3) is 2.67. The Morgan fingerprint density at radius 2 is 2.39 bits per heavy atom. The van der Waals surface area contributed by atoms with Crippen LogP contribution in [0.1, 0.15) is 20.3 Å². The van der Waals surface area contributed by atoms with Gasteiger partial charge >= 0.3 is 0 Å². The molecule has 0 aromatic carbocycles. The van der Waals surface area contributed by atoms with Crippen LogP contribution in [0.4, 0.5) is 11.8 Å². The first-order valence-electron chi connectivity index (χ1n) is 6.24. The summed E-state index contributed by atoms with van der Waals surface area (Å²) in [6, 6.07) is 0.318. The average Bonchev–Trinajstić information content (AvgIpc) is 2.39. The molecule has 0 saturated carbocycles. The molecular formula is C12H19ClN4O. The monoisotopic (exact) mass is 270 g/mol. The number of nitrogens with zero attached hydrogens (tertiary/aromatic N) is 3. The Hall–Kier alpha value is -1.07. The van der Waals surface area contributed by atoms with E-state index in [9.17, 15) is 0 Å². The van der Waals surface area contributed by atoms with Crippen molar-refractivity contribution in [2.45, 2.75) is 32.4 Å². The quantitative estimate of drug-likeness (QED) is 0.912. The highest BCUT2D eigenvalue weighted by atomic mass is 35.5. The molecule has 1 aliphatic heterocycles. The lowest BCUT2D eigenvalue weighted by Gasteiger charge is -2.39. The minimum absolute atomic E-state index is 0.192. The molecule has 0 radical (unpaired) electrons. The SMILES string of the molecule is CCC1COC(C)CN1c1nc(NC)ncc1Cl. The Morgan fingerprint density at radius 1 is 1.61 bits per heavy atom. The standard InChI is InChI=1S/C12H19ClN4O/c1-4-9-7-18-8(2)6-17(9)11-10(13)5-15-12(14-3)16-11/h5,8-9H,4,6-7H2,1-3H3,(H,14,15,16). The van der Waals surface area contributed by atoms with E-state index in [0.29, 0.717) is 23.6 Å². The van der Waals surface area contributed by atoms with Gasteiger partial charge in [-0.05, 0) is 13.3 Å². The van der Waals surface area contributed by atoms with E-state index in [4.69, 9.17) is 16.3 Å². The van der Waals surface area contributed by atoms with Gasteiger partial charge in [-0.2, -0.15) is 4.98 Å². The van der Waals surface area contributed by atoms with Crippen molar-refractivity contribution in [3.63, 3.8) is 0 Å². The van der Waals surface area contributed by atoms with E-state index in [-0.39, 0.29) is 6.10 Å². The van der Waals surface area contributed by atoms with E-state index < -0.39 is 0 Å². The molecule has 2 atom stereocenters. The zero-order chi connectivity index (χ0) is 13.1. The minimum atomic E-state index is 0.192. The van der Waals surface area contributed by atoms with Crippen LogP contribution < -0.4 is 10.2 Å².